The lowest BCUT2D eigenvalue weighted by Gasteiger charge is -2.40. The van der Waals surface area contributed by atoms with Crippen LogP contribution < -0.4 is 20.7 Å². The smallest absolute Gasteiger partial charge is 0.200 e. The first kappa shape index (κ1) is 24.5. The van der Waals surface area contributed by atoms with Crippen molar-refractivity contribution in [3.05, 3.63) is 154 Å². The number of para-hydroxylation sites is 7. The molecule has 6 aromatic carbocycles. The normalized spacial score (nSPS) is 12.6. The summed E-state index contributed by atoms with van der Waals surface area (Å²) in [7, 11) is 0. The molecule has 0 N–H and O–H groups in total. The minimum atomic E-state index is -0.190. The minimum Gasteiger partial charge on any atom is -0.456 e. The molecular weight excluding hydrogens is 548 g/mol. The molecule has 1 aliphatic heterocycles. The zero-order valence-corrected chi connectivity index (χ0v) is 23.2. The van der Waals surface area contributed by atoms with Crippen LogP contribution in [0.5, 0.6) is 0 Å². The lowest BCUT2D eigenvalue weighted by molar-refractivity contribution is 0.652. The second kappa shape index (κ2) is 9.18. The van der Waals surface area contributed by atoms with E-state index in [1.807, 2.05) is 60.7 Å². The van der Waals surface area contributed by atoms with Crippen molar-refractivity contribution in [3.8, 4) is 0 Å². The topological polar surface area (TPSA) is 66.9 Å². The third-order valence-electron chi connectivity index (χ3n) is 8.36. The number of hydrogen-bond acceptors (Lipinski definition) is 6. The number of benzene rings is 6. The van der Waals surface area contributed by atoms with E-state index >= 15 is 0 Å². The molecule has 0 saturated carbocycles. The molecule has 8 aromatic rings. The molecule has 0 spiro atoms. The highest BCUT2D eigenvalue weighted by Gasteiger charge is 2.31. The Hall–Kier alpha value is -6.14. The van der Waals surface area contributed by atoms with E-state index in [4.69, 9.17) is 8.83 Å². The molecule has 44 heavy (non-hydrogen) atoms. The number of anilines is 6. The molecule has 0 bridgehead atoms. The van der Waals surface area contributed by atoms with Gasteiger partial charge in [0.25, 0.3) is 0 Å². The van der Waals surface area contributed by atoms with Gasteiger partial charge in [0, 0.05) is 5.69 Å². The fourth-order valence-electron chi connectivity index (χ4n) is 6.39. The average Bonchev–Trinajstić information content (AvgIpc) is 3.07. The van der Waals surface area contributed by atoms with E-state index in [9.17, 15) is 9.59 Å². The van der Waals surface area contributed by atoms with Gasteiger partial charge in [0.15, 0.2) is 5.58 Å². The number of fused-ring (bicyclic) bond motifs is 6. The lowest BCUT2D eigenvalue weighted by atomic mass is 10.0. The summed E-state index contributed by atoms with van der Waals surface area (Å²) in [4.78, 5) is 31.8. The Morgan fingerprint density at radius 1 is 0.386 bits per heavy atom. The molecule has 0 unspecified atom stereocenters. The highest BCUT2D eigenvalue weighted by molar-refractivity contribution is 6.07. The van der Waals surface area contributed by atoms with Crippen molar-refractivity contribution in [3.63, 3.8) is 0 Å². The summed E-state index contributed by atoms with van der Waals surface area (Å²) < 4.78 is 12.6. The molecule has 9 rings (SSSR count). The van der Waals surface area contributed by atoms with Gasteiger partial charge in [-0.2, -0.15) is 0 Å². The van der Waals surface area contributed by atoms with Gasteiger partial charge in [-0.15, -0.1) is 0 Å². The van der Waals surface area contributed by atoms with Crippen LogP contribution >= 0.6 is 0 Å². The standard InChI is InChI=1S/C38H22N2O4/c41-36-24-13-4-9-20-33(24)43-34-21-27-35(22-26(34)36)44-38-25(37(27)42)14-10-19-32(38)40-30-17-7-5-15-28(30)39(23-11-2-1-3-12-23)29-16-6-8-18-31(29)40/h1-22H. The zero-order valence-electron chi connectivity index (χ0n) is 23.2. The Morgan fingerprint density at radius 3 is 1.57 bits per heavy atom. The van der Waals surface area contributed by atoms with Crippen molar-refractivity contribution in [2.75, 3.05) is 9.80 Å². The van der Waals surface area contributed by atoms with Gasteiger partial charge in [0.05, 0.1) is 50.0 Å². The fourth-order valence-corrected chi connectivity index (χ4v) is 6.39. The minimum absolute atomic E-state index is 0.167. The summed E-state index contributed by atoms with van der Waals surface area (Å²) >= 11 is 0. The van der Waals surface area contributed by atoms with Crippen LogP contribution in [0.1, 0.15) is 0 Å². The van der Waals surface area contributed by atoms with Crippen molar-refractivity contribution in [1.82, 2.24) is 0 Å². The van der Waals surface area contributed by atoms with Crippen LogP contribution in [0.25, 0.3) is 43.9 Å². The number of rotatable bonds is 2. The summed E-state index contributed by atoms with van der Waals surface area (Å²) in [5.41, 5.74) is 6.87. The molecule has 0 atom stereocenters. The van der Waals surface area contributed by atoms with Crippen molar-refractivity contribution >= 4 is 78.0 Å². The van der Waals surface area contributed by atoms with Gasteiger partial charge in [-0.1, -0.05) is 60.7 Å². The summed E-state index contributed by atoms with van der Waals surface area (Å²) in [6.07, 6.45) is 0. The van der Waals surface area contributed by atoms with E-state index in [2.05, 4.69) is 46.2 Å². The summed E-state index contributed by atoms with van der Waals surface area (Å²) in [5, 5.41) is 1.64. The third kappa shape index (κ3) is 3.42. The monoisotopic (exact) mass is 570 g/mol. The van der Waals surface area contributed by atoms with E-state index in [1.165, 1.54) is 0 Å². The van der Waals surface area contributed by atoms with Gasteiger partial charge >= 0.3 is 0 Å². The molecule has 0 saturated heterocycles. The fraction of sp³-hybridized carbons (Fsp3) is 0. The van der Waals surface area contributed by atoms with Crippen LogP contribution in [0.2, 0.25) is 0 Å². The molecule has 6 heteroatoms. The van der Waals surface area contributed by atoms with Gasteiger partial charge in [-0.05, 0) is 72.8 Å². The van der Waals surface area contributed by atoms with E-state index in [1.54, 1.807) is 36.4 Å². The van der Waals surface area contributed by atoms with Gasteiger partial charge in [0.2, 0.25) is 10.9 Å². The predicted octanol–water partition coefficient (Wildman–Crippen LogP) is 9.46. The summed E-state index contributed by atoms with van der Waals surface area (Å²) in [5.74, 6) is 0. The average molecular weight is 571 g/mol. The SMILES string of the molecule is O=c1c2ccccc2oc2cc3c(=O)c4cccc(N5c6ccccc6N(c6ccccc6)c6ccccc65)c4oc3cc12. The van der Waals surface area contributed by atoms with E-state index in [-0.39, 0.29) is 10.9 Å². The van der Waals surface area contributed by atoms with Crippen molar-refractivity contribution in [2.24, 2.45) is 0 Å². The van der Waals surface area contributed by atoms with Gasteiger partial charge in [-0.3, -0.25) is 9.59 Å². The first-order valence-corrected chi connectivity index (χ1v) is 14.4. The largest absolute Gasteiger partial charge is 0.456 e. The van der Waals surface area contributed by atoms with Gasteiger partial charge in [-0.25, -0.2) is 0 Å². The first-order valence-electron chi connectivity index (χ1n) is 14.4. The predicted molar refractivity (Wildman–Crippen MR) is 176 cm³/mol. The van der Waals surface area contributed by atoms with Crippen LogP contribution in [0, 0.1) is 0 Å². The second-order valence-corrected chi connectivity index (χ2v) is 10.8. The molecule has 208 valence electrons. The van der Waals surface area contributed by atoms with Crippen molar-refractivity contribution in [1.29, 1.82) is 0 Å². The van der Waals surface area contributed by atoms with Crippen molar-refractivity contribution in [2.45, 2.75) is 0 Å². The van der Waals surface area contributed by atoms with E-state index in [0.29, 0.717) is 43.9 Å². The Labute approximate surface area is 250 Å². The van der Waals surface area contributed by atoms with Crippen LogP contribution in [-0.2, 0) is 0 Å². The third-order valence-corrected chi connectivity index (χ3v) is 8.36. The molecule has 0 radical (unpaired) electrons. The Kier molecular flexibility index (Phi) is 5.10. The van der Waals surface area contributed by atoms with Crippen LogP contribution in [0.4, 0.5) is 34.1 Å². The molecule has 0 fully saturated rings. The van der Waals surface area contributed by atoms with Crippen LogP contribution in [0.15, 0.2) is 152 Å². The lowest BCUT2D eigenvalue weighted by Crippen LogP contribution is -2.24. The molecule has 3 heterocycles. The molecule has 0 amide bonds. The van der Waals surface area contributed by atoms with Gasteiger partial charge < -0.3 is 18.6 Å². The highest BCUT2D eigenvalue weighted by atomic mass is 16.3. The second-order valence-electron chi connectivity index (χ2n) is 10.8. The van der Waals surface area contributed by atoms with Crippen molar-refractivity contribution < 1.29 is 8.83 Å². The van der Waals surface area contributed by atoms with Crippen LogP contribution in [-0.4, -0.2) is 0 Å². The van der Waals surface area contributed by atoms with Gasteiger partial charge in [0.1, 0.15) is 16.7 Å². The maximum absolute atomic E-state index is 14.0. The summed E-state index contributed by atoms with van der Waals surface area (Å²) in [6.45, 7) is 0. The quantitative estimate of drug-likeness (QED) is 0.193. The molecule has 0 aliphatic carbocycles. The molecule has 1 aliphatic rings. The zero-order chi connectivity index (χ0) is 29.4. The van der Waals surface area contributed by atoms with E-state index < -0.39 is 0 Å². The van der Waals surface area contributed by atoms with E-state index in [0.717, 1.165) is 34.1 Å². The molecule has 2 aromatic heterocycles. The first-order chi connectivity index (χ1) is 21.7. The number of nitrogens with zero attached hydrogens (tertiary/aromatic N) is 2. The number of hydrogen-bond donors (Lipinski definition) is 0. The maximum Gasteiger partial charge on any atom is 0.200 e. The maximum atomic E-state index is 14.0. The summed E-state index contributed by atoms with van der Waals surface area (Å²) in [6, 6.07) is 42.7. The van der Waals surface area contributed by atoms with Crippen LogP contribution in [0.3, 0.4) is 0 Å². The molecular formula is C38H22N2O4. The Morgan fingerprint density at radius 2 is 0.886 bits per heavy atom. The highest BCUT2D eigenvalue weighted by Crippen LogP contribution is 2.54. The Balaban J connectivity index is 1.34. The Bertz CT molecular complexity index is 2520. The molecule has 6 nitrogen and oxygen atoms in total.